The number of hydrogen-bond acceptors (Lipinski definition) is 2. The van der Waals surface area contributed by atoms with Gasteiger partial charge in [0.2, 0.25) is 0 Å². The van der Waals surface area contributed by atoms with Crippen LogP contribution >= 0.6 is 39.1 Å². The number of nitrogens with one attached hydrogen (secondary N) is 1. The van der Waals surface area contributed by atoms with Crippen LogP contribution in [0.25, 0.3) is 0 Å². The molecular formula is C13H9BrCl2N2O. The van der Waals surface area contributed by atoms with E-state index in [1.54, 1.807) is 36.4 Å². The first-order chi connectivity index (χ1) is 8.97. The van der Waals surface area contributed by atoms with Crippen molar-refractivity contribution in [3.05, 3.63) is 56.5 Å². The quantitative estimate of drug-likeness (QED) is 0.770. The van der Waals surface area contributed by atoms with E-state index in [2.05, 4.69) is 21.2 Å². The van der Waals surface area contributed by atoms with Crippen molar-refractivity contribution >= 4 is 56.4 Å². The number of nitrogens with two attached hydrogens (primary N) is 1. The van der Waals surface area contributed by atoms with E-state index in [-0.39, 0.29) is 5.91 Å². The van der Waals surface area contributed by atoms with Crippen LogP contribution in [-0.2, 0) is 0 Å². The van der Waals surface area contributed by atoms with Gasteiger partial charge < -0.3 is 11.1 Å². The molecule has 0 saturated heterocycles. The van der Waals surface area contributed by atoms with E-state index >= 15 is 0 Å². The van der Waals surface area contributed by atoms with Crippen LogP contribution in [0.5, 0.6) is 0 Å². The SMILES string of the molecule is Nc1cc(NC(=O)c2ccc(Br)cc2Cl)ccc1Cl. The van der Waals surface area contributed by atoms with Gasteiger partial charge in [-0.05, 0) is 36.4 Å². The van der Waals surface area contributed by atoms with Crippen LogP contribution in [0, 0.1) is 0 Å². The Kier molecular flexibility index (Phi) is 4.34. The third kappa shape index (κ3) is 3.41. The van der Waals surface area contributed by atoms with Crippen LogP contribution < -0.4 is 11.1 Å². The average molecular weight is 360 g/mol. The summed E-state index contributed by atoms with van der Waals surface area (Å²) < 4.78 is 0.810. The fourth-order valence-corrected chi connectivity index (χ4v) is 2.37. The zero-order valence-electron chi connectivity index (χ0n) is 9.58. The molecule has 0 aromatic heterocycles. The van der Waals surface area contributed by atoms with Crippen LogP contribution in [0.4, 0.5) is 11.4 Å². The first-order valence-corrected chi connectivity index (χ1v) is 6.83. The van der Waals surface area contributed by atoms with Crippen LogP contribution in [0.3, 0.4) is 0 Å². The topological polar surface area (TPSA) is 55.1 Å². The van der Waals surface area contributed by atoms with Gasteiger partial charge in [-0.25, -0.2) is 0 Å². The number of amides is 1. The second-order valence-electron chi connectivity index (χ2n) is 3.81. The second-order valence-corrected chi connectivity index (χ2v) is 5.54. The van der Waals surface area contributed by atoms with E-state index in [4.69, 9.17) is 28.9 Å². The minimum atomic E-state index is -0.306. The molecule has 19 heavy (non-hydrogen) atoms. The predicted octanol–water partition coefficient (Wildman–Crippen LogP) is 4.59. The Balaban J connectivity index is 2.23. The first kappa shape index (κ1) is 14.2. The maximum atomic E-state index is 12.1. The molecule has 0 spiro atoms. The molecule has 98 valence electrons. The van der Waals surface area contributed by atoms with Gasteiger partial charge in [-0.1, -0.05) is 39.1 Å². The number of carbonyl (C=O) groups excluding carboxylic acids is 1. The Bertz CT molecular complexity index is 647. The molecule has 0 unspecified atom stereocenters. The van der Waals surface area contributed by atoms with Crippen molar-refractivity contribution in [3.63, 3.8) is 0 Å². The van der Waals surface area contributed by atoms with Crippen LogP contribution in [0.2, 0.25) is 10.0 Å². The van der Waals surface area contributed by atoms with E-state index in [0.717, 1.165) is 4.47 Å². The smallest absolute Gasteiger partial charge is 0.257 e. The summed E-state index contributed by atoms with van der Waals surface area (Å²) in [6, 6.07) is 9.93. The van der Waals surface area contributed by atoms with Gasteiger partial charge in [0.15, 0.2) is 0 Å². The number of nitrogen functional groups attached to an aromatic ring is 1. The molecule has 2 aromatic rings. The molecule has 0 bridgehead atoms. The molecule has 0 atom stereocenters. The number of benzene rings is 2. The number of carbonyl (C=O) groups is 1. The molecule has 0 heterocycles. The summed E-state index contributed by atoms with van der Waals surface area (Å²) in [6.45, 7) is 0. The van der Waals surface area contributed by atoms with Gasteiger partial charge in [-0.15, -0.1) is 0 Å². The molecule has 3 N–H and O–H groups in total. The van der Waals surface area contributed by atoms with Crippen molar-refractivity contribution in [1.29, 1.82) is 0 Å². The van der Waals surface area contributed by atoms with Crippen LogP contribution in [0.1, 0.15) is 10.4 Å². The largest absolute Gasteiger partial charge is 0.397 e. The second kappa shape index (κ2) is 5.82. The molecule has 0 saturated carbocycles. The lowest BCUT2D eigenvalue weighted by molar-refractivity contribution is 0.102. The maximum absolute atomic E-state index is 12.1. The molecule has 0 fully saturated rings. The van der Waals surface area contributed by atoms with Crippen LogP contribution in [-0.4, -0.2) is 5.91 Å². The van der Waals surface area contributed by atoms with Crippen molar-refractivity contribution in [1.82, 2.24) is 0 Å². The van der Waals surface area contributed by atoms with E-state index in [1.165, 1.54) is 0 Å². The lowest BCUT2D eigenvalue weighted by atomic mass is 10.2. The molecule has 3 nitrogen and oxygen atoms in total. The molecule has 2 aromatic carbocycles. The molecule has 1 amide bonds. The van der Waals surface area contributed by atoms with E-state index in [9.17, 15) is 4.79 Å². The molecular weight excluding hydrogens is 351 g/mol. The van der Waals surface area contributed by atoms with E-state index in [0.29, 0.717) is 27.0 Å². The highest BCUT2D eigenvalue weighted by Crippen LogP contribution is 2.25. The van der Waals surface area contributed by atoms with Gasteiger partial charge in [0.05, 0.1) is 21.3 Å². The highest BCUT2D eigenvalue weighted by atomic mass is 79.9. The normalized spacial score (nSPS) is 10.3. The molecule has 0 radical (unpaired) electrons. The van der Waals surface area contributed by atoms with Crippen molar-refractivity contribution in [3.8, 4) is 0 Å². The molecule has 6 heteroatoms. The Labute approximate surface area is 128 Å². The van der Waals surface area contributed by atoms with Crippen LogP contribution in [0.15, 0.2) is 40.9 Å². The Morgan fingerprint density at radius 3 is 2.47 bits per heavy atom. The summed E-state index contributed by atoms with van der Waals surface area (Å²) >= 11 is 15.1. The summed E-state index contributed by atoms with van der Waals surface area (Å²) in [7, 11) is 0. The van der Waals surface area contributed by atoms with Gasteiger partial charge in [0.1, 0.15) is 0 Å². The summed E-state index contributed by atoms with van der Waals surface area (Å²) in [6.07, 6.45) is 0. The first-order valence-electron chi connectivity index (χ1n) is 5.29. The zero-order valence-corrected chi connectivity index (χ0v) is 12.7. The number of rotatable bonds is 2. The van der Waals surface area contributed by atoms with Crippen molar-refractivity contribution in [2.24, 2.45) is 0 Å². The number of anilines is 2. The van der Waals surface area contributed by atoms with Gasteiger partial charge in [0.25, 0.3) is 5.91 Å². The van der Waals surface area contributed by atoms with Gasteiger partial charge in [-0.3, -0.25) is 4.79 Å². The molecule has 0 aliphatic heterocycles. The summed E-state index contributed by atoms with van der Waals surface area (Å²) in [5.41, 5.74) is 7.02. The predicted molar refractivity (Wildman–Crippen MR) is 83.0 cm³/mol. The molecule has 2 rings (SSSR count). The zero-order chi connectivity index (χ0) is 14.0. The minimum Gasteiger partial charge on any atom is -0.397 e. The third-order valence-corrected chi connectivity index (χ3v) is 3.58. The average Bonchev–Trinajstić information content (AvgIpc) is 2.33. The van der Waals surface area contributed by atoms with Crippen molar-refractivity contribution < 1.29 is 4.79 Å². The molecule has 0 aliphatic carbocycles. The third-order valence-electron chi connectivity index (χ3n) is 2.43. The highest BCUT2D eigenvalue weighted by Gasteiger charge is 2.11. The van der Waals surface area contributed by atoms with Gasteiger partial charge in [-0.2, -0.15) is 0 Å². The molecule has 0 aliphatic rings. The number of halogens is 3. The Morgan fingerprint density at radius 2 is 1.84 bits per heavy atom. The monoisotopic (exact) mass is 358 g/mol. The van der Waals surface area contributed by atoms with E-state index < -0.39 is 0 Å². The highest BCUT2D eigenvalue weighted by molar-refractivity contribution is 9.10. The Hall–Kier alpha value is -1.23. The summed E-state index contributed by atoms with van der Waals surface area (Å²) in [4.78, 5) is 12.1. The summed E-state index contributed by atoms with van der Waals surface area (Å²) in [5.74, 6) is -0.306. The van der Waals surface area contributed by atoms with E-state index in [1.807, 2.05) is 0 Å². The lowest BCUT2D eigenvalue weighted by Crippen LogP contribution is -2.12. The fourth-order valence-electron chi connectivity index (χ4n) is 1.49. The van der Waals surface area contributed by atoms with Gasteiger partial charge in [0, 0.05) is 10.2 Å². The van der Waals surface area contributed by atoms with Crippen molar-refractivity contribution in [2.75, 3.05) is 11.1 Å². The minimum absolute atomic E-state index is 0.306. The standard InChI is InChI=1S/C13H9BrCl2N2O/c14-7-1-3-9(11(16)5-7)13(19)18-8-2-4-10(15)12(17)6-8/h1-6H,17H2,(H,18,19). The lowest BCUT2D eigenvalue weighted by Gasteiger charge is -2.08. The number of hydrogen-bond donors (Lipinski definition) is 2. The van der Waals surface area contributed by atoms with Gasteiger partial charge >= 0.3 is 0 Å². The maximum Gasteiger partial charge on any atom is 0.257 e. The summed E-state index contributed by atoms with van der Waals surface area (Å²) in [5, 5.41) is 3.52. The van der Waals surface area contributed by atoms with Crippen molar-refractivity contribution in [2.45, 2.75) is 0 Å². The Morgan fingerprint density at radius 1 is 1.11 bits per heavy atom. The fraction of sp³-hybridized carbons (Fsp3) is 0.